The molecule has 2 heterocycles. The first-order valence-corrected chi connectivity index (χ1v) is 11.5. The van der Waals surface area contributed by atoms with Crippen LogP contribution in [0.2, 0.25) is 0 Å². The summed E-state index contributed by atoms with van der Waals surface area (Å²) in [5.74, 6) is 0.0495. The lowest BCUT2D eigenvalue weighted by Crippen LogP contribution is -2.29. The number of hydrogen-bond acceptors (Lipinski definition) is 6. The van der Waals surface area contributed by atoms with Crippen molar-refractivity contribution >= 4 is 39.2 Å². The van der Waals surface area contributed by atoms with E-state index in [9.17, 15) is 9.59 Å². The van der Waals surface area contributed by atoms with Gasteiger partial charge >= 0.3 is 0 Å². The second-order valence-electron chi connectivity index (χ2n) is 7.06. The smallest absolute Gasteiger partial charge is 0.267 e. The Kier molecular flexibility index (Phi) is 6.95. The summed E-state index contributed by atoms with van der Waals surface area (Å²) in [5, 5.41) is 9.90. The monoisotopic (exact) mass is 440 g/mol. The fraction of sp³-hybridized carbons (Fsp3) is 0.364. The van der Waals surface area contributed by atoms with Gasteiger partial charge in [-0.05, 0) is 43.5 Å². The molecule has 1 aromatic carbocycles. The first-order valence-electron chi connectivity index (χ1n) is 9.73. The molecule has 0 saturated heterocycles. The quantitative estimate of drug-likeness (QED) is 0.408. The van der Waals surface area contributed by atoms with Crippen LogP contribution in [0.15, 0.2) is 34.2 Å². The van der Waals surface area contributed by atoms with E-state index in [0.717, 1.165) is 28.1 Å². The molecular formula is C22H24N4O2S2. The number of fused-ring (bicyclic) bond motifs is 1. The van der Waals surface area contributed by atoms with Gasteiger partial charge in [0.25, 0.3) is 5.56 Å². The van der Waals surface area contributed by atoms with Gasteiger partial charge in [0, 0.05) is 18.5 Å². The minimum absolute atomic E-state index is 0.0976. The molecule has 0 spiro atoms. The molecule has 0 aliphatic heterocycles. The molecule has 30 heavy (non-hydrogen) atoms. The van der Waals surface area contributed by atoms with Gasteiger partial charge in [-0.2, -0.15) is 5.26 Å². The number of hydrogen-bond donors (Lipinski definition) is 0. The largest absolute Gasteiger partial charge is 0.344 e. The molecule has 0 fully saturated rings. The van der Waals surface area contributed by atoms with Gasteiger partial charge in [-0.25, -0.2) is 4.98 Å². The van der Waals surface area contributed by atoms with E-state index in [0.29, 0.717) is 28.3 Å². The topological polar surface area (TPSA) is 79.0 Å². The summed E-state index contributed by atoms with van der Waals surface area (Å²) >= 11 is 2.77. The number of rotatable bonds is 7. The second kappa shape index (κ2) is 9.45. The Morgan fingerprint density at radius 3 is 2.80 bits per heavy atom. The number of aryl methyl sites for hydroxylation is 3. The van der Waals surface area contributed by atoms with Crippen molar-refractivity contribution in [3.8, 4) is 11.8 Å². The van der Waals surface area contributed by atoms with Gasteiger partial charge in [0.15, 0.2) is 5.16 Å². The van der Waals surface area contributed by atoms with Crippen molar-refractivity contribution in [3.63, 3.8) is 0 Å². The third-order valence-corrected chi connectivity index (χ3v) is 6.88. The van der Waals surface area contributed by atoms with Crippen molar-refractivity contribution in [1.82, 2.24) is 14.5 Å². The van der Waals surface area contributed by atoms with Gasteiger partial charge in [0.2, 0.25) is 5.91 Å². The number of amides is 1. The van der Waals surface area contributed by atoms with E-state index in [4.69, 9.17) is 10.2 Å². The average Bonchev–Trinajstić information content (AvgIpc) is 3.05. The van der Waals surface area contributed by atoms with Crippen molar-refractivity contribution in [3.05, 3.63) is 50.6 Å². The molecule has 0 atom stereocenters. The number of aromatic nitrogens is 2. The molecule has 0 unspecified atom stereocenters. The van der Waals surface area contributed by atoms with E-state index in [1.165, 1.54) is 28.0 Å². The summed E-state index contributed by atoms with van der Waals surface area (Å²) in [6.07, 6.45) is 1.06. The van der Waals surface area contributed by atoms with E-state index in [2.05, 4.69) is 0 Å². The summed E-state index contributed by atoms with van der Waals surface area (Å²) < 4.78 is 1.62. The molecule has 0 N–H and O–H groups in total. The summed E-state index contributed by atoms with van der Waals surface area (Å²) in [6, 6.07) is 9.77. The minimum Gasteiger partial charge on any atom is -0.344 e. The molecular weight excluding hydrogens is 416 g/mol. The maximum absolute atomic E-state index is 13.6. The third kappa shape index (κ3) is 4.42. The van der Waals surface area contributed by atoms with Crippen LogP contribution in [0, 0.1) is 25.2 Å². The van der Waals surface area contributed by atoms with Crippen LogP contribution < -0.4 is 5.56 Å². The van der Waals surface area contributed by atoms with Crippen molar-refractivity contribution < 1.29 is 4.79 Å². The zero-order chi connectivity index (χ0) is 21.8. The zero-order valence-electron chi connectivity index (χ0n) is 17.6. The highest BCUT2D eigenvalue weighted by atomic mass is 32.2. The van der Waals surface area contributed by atoms with Crippen LogP contribution >= 0.6 is 23.1 Å². The van der Waals surface area contributed by atoms with Gasteiger partial charge in [0.1, 0.15) is 4.83 Å². The number of thioether (sulfide) groups is 1. The van der Waals surface area contributed by atoms with Gasteiger partial charge in [-0.1, -0.05) is 30.8 Å². The number of nitriles is 1. The highest BCUT2D eigenvalue weighted by Crippen LogP contribution is 2.30. The standard InChI is InChI=1S/C22H24N4O2S2/c1-5-17-15(3)30-20-19(17)21(28)26(16-9-6-8-14(2)12-16)22(24-20)29-13-18(27)25(4)11-7-10-23/h6,8-9,12H,5,7,11,13H2,1-4H3. The van der Waals surface area contributed by atoms with Crippen LogP contribution in [0.25, 0.3) is 15.9 Å². The van der Waals surface area contributed by atoms with Crippen LogP contribution in [0.1, 0.15) is 29.3 Å². The molecule has 156 valence electrons. The highest BCUT2D eigenvalue weighted by Gasteiger charge is 2.20. The van der Waals surface area contributed by atoms with Crippen LogP contribution in [0.4, 0.5) is 0 Å². The van der Waals surface area contributed by atoms with E-state index < -0.39 is 0 Å². The summed E-state index contributed by atoms with van der Waals surface area (Å²) in [5.41, 5.74) is 2.73. The van der Waals surface area contributed by atoms with E-state index in [1.54, 1.807) is 11.6 Å². The van der Waals surface area contributed by atoms with E-state index in [1.807, 2.05) is 51.1 Å². The average molecular weight is 441 g/mol. The van der Waals surface area contributed by atoms with Crippen LogP contribution in [0.5, 0.6) is 0 Å². The molecule has 2 aromatic heterocycles. The molecule has 0 aliphatic carbocycles. The Morgan fingerprint density at radius 2 is 2.13 bits per heavy atom. The summed E-state index contributed by atoms with van der Waals surface area (Å²) in [6.45, 7) is 6.43. The molecule has 0 radical (unpaired) electrons. The van der Waals surface area contributed by atoms with Crippen molar-refractivity contribution in [2.24, 2.45) is 0 Å². The number of benzene rings is 1. The second-order valence-corrected chi connectivity index (χ2v) is 9.20. The Balaban J connectivity index is 2.08. The van der Waals surface area contributed by atoms with Gasteiger partial charge < -0.3 is 4.90 Å². The fourth-order valence-electron chi connectivity index (χ4n) is 3.29. The minimum atomic E-state index is -0.100. The molecule has 0 saturated carbocycles. The normalized spacial score (nSPS) is 10.9. The number of thiophene rings is 1. The maximum Gasteiger partial charge on any atom is 0.267 e. The zero-order valence-corrected chi connectivity index (χ0v) is 19.2. The number of nitrogens with zero attached hydrogens (tertiary/aromatic N) is 4. The first-order chi connectivity index (χ1) is 14.4. The molecule has 0 aliphatic rings. The predicted octanol–water partition coefficient (Wildman–Crippen LogP) is 4.09. The Bertz CT molecular complexity index is 1190. The summed E-state index contributed by atoms with van der Waals surface area (Å²) in [7, 11) is 1.68. The Hall–Kier alpha value is -2.63. The molecule has 8 heteroatoms. The highest BCUT2D eigenvalue weighted by molar-refractivity contribution is 7.99. The lowest BCUT2D eigenvalue weighted by molar-refractivity contribution is -0.127. The molecule has 3 rings (SSSR count). The lowest BCUT2D eigenvalue weighted by atomic mass is 10.1. The van der Waals surface area contributed by atoms with Gasteiger partial charge in [-0.3, -0.25) is 14.2 Å². The van der Waals surface area contributed by atoms with Crippen molar-refractivity contribution in [2.45, 2.75) is 38.8 Å². The van der Waals surface area contributed by atoms with Crippen LogP contribution in [-0.2, 0) is 11.2 Å². The first kappa shape index (κ1) is 22.1. The molecule has 0 bridgehead atoms. The Labute approximate surface area is 184 Å². The Morgan fingerprint density at radius 1 is 1.37 bits per heavy atom. The molecule has 1 amide bonds. The van der Waals surface area contributed by atoms with Gasteiger partial charge in [0.05, 0.1) is 29.3 Å². The number of carbonyl (C=O) groups is 1. The van der Waals surface area contributed by atoms with Crippen LogP contribution in [-0.4, -0.2) is 39.7 Å². The van der Waals surface area contributed by atoms with Crippen molar-refractivity contribution in [1.29, 1.82) is 5.26 Å². The fourth-order valence-corrected chi connectivity index (χ4v) is 5.40. The molecule has 6 nitrogen and oxygen atoms in total. The SMILES string of the molecule is CCc1c(C)sc2nc(SCC(=O)N(C)CCC#N)n(-c3cccc(C)c3)c(=O)c12. The van der Waals surface area contributed by atoms with Gasteiger partial charge in [-0.15, -0.1) is 11.3 Å². The lowest BCUT2D eigenvalue weighted by Gasteiger charge is -2.16. The van der Waals surface area contributed by atoms with E-state index in [-0.39, 0.29) is 17.2 Å². The van der Waals surface area contributed by atoms with Crippen molar-refractivity contribution in [2.75, 3.05) is 19.3 Å². The number of carbonyl (C=O) groups excluding carboxylic acids is 1. The summed E-state index contributed by atoms with van der Waals surface area (Å²) in [4.78, 5) is 34.2. The molecule has 3 aromatic rings. The van der Waals surface area contributed by atoms with Crippen LogP contribution in [0.3, 0.4) is 0 Å². The predicted molar refractivity (Wildman–Crippen MR) is 123 cm³/mol. The van der Waals surface area contributed by atoms with E-state index >= 15 is 0 Å². The maximum atomic E-state index is 13.6. The third-order valence-electron chi connectivity index (χ3n) is 4.92.